The zero-order chi connectivity index (χ0) is 7.98. The molecule has 0 aliphatic carbocycles. The molecule has 58 valence electrons. The molecule has 0 saturated heterocycles. The molecule has 0 aromatic rings. The molecule has 0 aliphatic rings. The van der Waals surface area contributed by atoms with E-state index in [-0.39, 0.29) is 5.97 Å². The van der Waals surface area contributed by atoms with Gasteiger partial charge in [0.1, 0.15) is 0 Å². The van der Waals surface area contributed by atoms with E-state index in [2.05, 4.69) is 4.74 Å². The monoisotopic (exact) mass is 143 g/mol. The van der Waals surface area contributed by atoms with Crippen molar-refractivity contribution in [1.82, 2.24) is 0 Å². The summed E-state index contributed by atoms with van der Waals surface area (Å²) in [6.07, 6.45) is 1.41. The van der Waals surface area contributed by atoms with E-state index >= 15 is 0 Å². The second-order valence-corrected chi connectivity index (χ2v) is 1.95. The van der Waals surface area contributed by atoms with E-state index in [0.29, 0.717) is 13.2 Å². The highest BCUT2D eigenvalue weighted by Crippen LogP contribution is 1.89. The number of rotatable bonds is 3. The number of nitrogens with two attached hydrogens (primary N) is 1. The van der Waals surface area contributed by atoms with Gasteiger partial charge in [0.25, 0.3) is 0 Å². The summed E-state index contributed by atoms with van der Waals surface area (Å²) in [5.41, 5.74) is 6.07. The molecule has 0 aromatic carbocycles. The normalized spacial score (nSPS) is 11.3. The van der Waals surface area contributed by atoms with Crippen molar-refractivity contribution in [1.29, 1.82) is 0 Å². The molecule has 0 aliphatic heterocycles. The Labute approximate surface area is 60.9 Å². The van der Waals surface area contributed by atoms with E-state index < -0.39 is 0 Å². The number of carbonyl (C=O) groups excluding carboxylic acids is 1. The Bertz CT molecular complexity index is 141. The van der Waals surface area contributed by atoms with Crippen molar-refractivity contribution < 1.29 is 9.53 Å². The van der Waals surface area contributed by atoms with Crippen LogP contribution in [0.15, 0.2) is 11.6 Å². The molecule has 0 bridgehead atoms. The Morgan fingerprint density at radius 3 is 2.70 bits per heavy atom. The fourth-order valence-electron chi connectivity index (χ4n) is 0.444. The van der Waals surface area contributed by atoms with Gasteiger partial charge in [-0.2, -0.15) is 0 Å². The lowest BCUT2D eigenvalue weighted by Gasteiger charge is -1.96. The summed E-state index contributed by atoms with van der Waals surface area (Å²) in [6.45, 7) is 4.37. The summed E-state index contributed by atoms with van der Waals surface area (Å²) < 4.78 is 4.64. The zero-order valence-corrected chi connectivity index (χ0v) is 6.39. The largest absolute Gasteiger partial charge is 0.463 e. The number of esters is 1. The summed E-state index contributed by atoms with van der Waals surface area (Å²) >= 11 is 0. The molecular weight excluding hydrogens is 130 g/mol. The van der Waals surface area contributed by atoms with E-state index in [9.17, 15) is 4.79 Å². The van der Waals surface area contributed by atoms with Gasteiger partial charge in [-0.05, 0) is 13.8 Å². The van der Waals surface area contributed by atoms with Crippen molar-refractivity contribution in [2.75, 3.05) is 13.2 Å². The van der Waals surface area contributed by atoms with E-state index in [1.165, 1.54) is 6.08 Å². The van der Waals surface area contributed by atoms with Crippen LogP contribution in [0.3, 0.4) is 0 Å². The molecule has 2 N–H and O–H groups in total. The SMILES string of the molecule is CCOC(=O)/C=C(/C)CN. The highest BCUT2D eigenvalue weighted by molar-refractivity contribution is 5.82. The van der Waals surface area contributed by atoms with Crippen LogP contribution in [-0.4, -0.2) is 19.1 Å². The third-order valence-corrected chi connectivity index (χ3v) is 0.973. The number of carbonyl (C=O) groups is 1. The first-order valence-corrected chi connectivity index (χ1v) is 3.24. The predicted octanol–water partition coefficient (Wildman–Crippen LogP) is 0.455. The first-order valence-electron chi connectivity index (χ1n) is 3.24. The van der Waals surface area contributed by atoms with Crippen molar-refractivity contribution in [3.63, 3.8) is 0 Å². The molecule has 0 atom stereocenters. The molecule has 0 aromatic heterocycles. The van der Waals surface area contributed by atoms with Crippen LogP contribution in [0.5, 0.6) is 0 Å². The third kappa shape index (κ3) is 4.09. The first-order chi connectivity index (χ1) is 4.70. The molecule has 0 fully saturated rings. The Morgan fingerprint density at radius 1 is 1.70 bits per heavy atom. The van der Waals surface area contributed by atoms with Gasteiger partial charge in [-0.3, -0.25) is 0 Å². The summed E-state index contributed by atoms with van der Waals surface area (Å²) in [5.74, 6) is -0.314. The molecule has 3 nitrogen and oxygen atoms in total. The minimum absolute atomic E-state index is 0.314. The van der Waals surface area contributed by atoms with Crippen LogP contribution in [-0.2, 0) is 9.53 Å². The van der Waals surface area contributed by atoms with Crippen LogP contribution < -0.4 is 5.73 Å². The van der Waals surface area contributed by atoms with Gasteiger partial charge in [0.2, 0.25) is 0 Å². The van der Waals surface area contributed by atoms with Gasteiger partial charge >= 0.3 is 5.97 Å². The minimum atomic E-state index is -0.314. The molecule has 3 heteroatoms. The maximum Gasteiger partial charge on any atom is 0.330 e. The van der Waals surface area contributed by atoms with E-state index in [0.717, 1.165) is 5.57 Å². The van der Waals surface area contributed by atoms with Gasteiger partial charge < -0.3 is 10.5 Å². The lowest BCUT2D eigenvalue weighted by Crippen LogP contribution is -2.05. The van der Waals surface area contributed by atoms with Crippen LogP contribution in [0.2, 0.25) is 0 Å². The Hall–Kier alpha value is -0.830. The van der Waals surface area contributed by atoms with Gasteiger partial charge in [-0.25, -0.2) is 4.79 Å². The molecule has 0 radical (unpaired) electrons. The van der Waals surface area contributed by atoms with Crippen LogP contribution in [0.1, 0.15) is 13.8 Å². The van der Waals surface area contributed by atoms with Crippen LogP contribution in [0.4, 0.5) is 0 Å². The highest BCUT2D eigenvalue weighted by atomic mass is 16.5. The fourth-order valence-corrected chi connectivity index (χ4v) is 0.444. The average molecular weight is 143 g/mol. The smallest absolute Gasteiger partial charge is 0.330 e. The molecular formula is C7H13NO2. The zero-order valence-electron chi connectivity index (χ0n) is 6.39. The van der Waals surface area contributed by atoms with Crippen LogP contribution in [0.25, 0.3) is 0 Å². The Kier molecular flexibility index (Phi) is 4.58. The third-order valence-electron chi connectivity index (χ3n) is 0.973. The summed E-state index contributed by atoms with van der Waals surface area (Å²) in [7, 11) is 0. The number of hydrogen-bond acceptors (Lipinski definition) is 3. The van der Waals surface area contributed by atoms with Crippen molar-refractivity contribution in [2.24, 2.45) is 5.73 Å². The molecule has 0 amide bonds. The van der Waals surface area contributed by atoms with Crippen molar-refractivity contribution in [2.45, 2.75) is 13.8 Å². The van der Waals surface area contributed by atoms with E-state index in [1.54, 1.807) is 13.8 Å². The van der Waals surface area contributed by atoms with E-state index in [4.69, 9.17) is 5.73 Å². The van der Waals surface area contributed by atoms with Crippen LogP contribution in [0, 0.1) is 0 Å². The molecule has 0 heterocycles. The van der Waals surface area contributed by atoms with E-state index in [1.807, 2.05) is 0 Å². The predicted molar refractivity (Wildman–Crippen MR) is 39.4 cm³/mol. The first kappa shape index (κ1) is 9.17. The Balaban J connectivity index is 3.75. The standard InChI is InChI=1S/C7H13NO2/c1-3-10-7(9)4-6(2)5-8/h4H,3,5,8H2,1-2H3/b6-4-. The molecule has 0 spiro atoms. The molecule has 0 rings (SSSR count). The highest BCUT2D eigenvalue weighted by Gasteiger charge is 1.94. The molecule has 0 unspecified atom stereocenters. The lowest BCUT2D eigenvalue weighted by molar-refractivity contribution is -0.137. The van der Waals surface area contributed by atoms with Crippen molar-refractivity contribution >= 4 is 5.97 Å². The molecule has 0 saturated carbocycles. The Morgan fingerprint density at radius 2 is 2.30 bits per heavy atom. The summed E-state index contributed by atoms with van der Waals surface area (Å²) in [5, 5.41) is 0. The van der Waals surface area contributed by atoms with Crippen molar-refractivity contribution in [3.05, 3.63) is 11.6 Å². The maximum absolute atomic E-state index is 10.7. The number of hydrogen-bond donors (Lipinski definition) is 1. The van der Waals surface area contributed by atoms with Gasteiger partial charge in [0.15, 0.2) is 0 Å². The van der Waals surface area contributed by atoms with Crippen LogP contribution >= 0.6 is 0 Å². The quantitative estimate of drug-likeness (QED) is 0.461. The fraction of sp³-hybridized carbons (Fsp3) is 0.571. The van der Waals surface area contributed by atoms with Gasteiger partial charge in [-0.15, -0.1) is 0 Å². The minimum Gasteiger partial charge on any atom is -0.463 e. The van der Waals surface area contributed by atoms with Gasteiger partial charge in [0, 0.05) is 12.6 Å². The van der Waals surface area contributed by atoms with Gasteiger partial charge in [-0.1, -0.05) is 5.57 Å². The topological polar surface area (TPSA) is 52.3 Å². The summed E-state index contributed by atoms with van der Waals surface area (Å²) in [4.78, 5) is 10.7. The lowest BCUT2D eigenvalue weighted by atomic mass is 10.3. The average Bonchev–Trinajstić information content (AvgIpc) is 1.88. The maximum atomic E-state index is 10.7. The summed E-state index contributed by atoms with van der Waals surface area (Å²) in [6, 6.07) is 0. The molecule has 10 heavy (non-hydrogen) atoms. The second kappa shape index (κ2) is 4.99. The number of ether oxygens (including phenoxy) is 1. The second-order valence-electron chi connectivity index (χ2n) is 1.95. The van der Waals surface area contributed by atoms with Gasteiger partial charge in [0.05, 0.1) is 6.61 Å². The van der Waals surface area contributed by atoms with Crippen molar-refractivity contribution in [3.8, 4) is 0 Å².